The Labute approximate surface area is 210 Å². The lowest BCUT2D eigenvalue weighted by Crippen LogP contribution is -2.29. The number of ether oxygens (including phenoxy) is 4. The van der Waals surface area contributed by atoms with Gasteiger partial charge in [-0.2, -0.15) is 0 Å². The van der Waals surface area contributed by atoms with Gasteiger partial charge in [0.25, 0.3) is 0 Å². The number of Topliss-reactive ketones (excluding diaryl/α,β-unsaturated/α-hetero) is 1. The van der Waals surface area contributed by atoms with Crippen LogP contribution in [0.4, 0.5) is 5.69 Å². The maximum Gasteiger partial charge on any atom is 0.231 e. The average molecular weight is 484 g/mol. The van der Waals surface area contributed by atoms with Gasteiger partial charge in [-0.05, 0) is 72.2 Å². The monoisotopic (exact) mass is 483 g/mol. The molecule has 0 saturated carbocycles. The number of rotatable bonds is 4. The summed E-state index contributed by atoms with van der Waals surface area (Å²) < 4.78 is 22.3. The summed E-state index contributed by atoms with van der Waals surface area (Å²) in [6.45, 7) is 4.43. The van der Waals surface area contributed by atoms with Crippen LogP contribution in [-0.2, 0) is 4.79 Å². The van der Waals surface area contributed by atoms with Gasteiger partial charge >= 0.3 is 0 Å². The number of nitrogens with one attached hydrogen (secondary N) is 1. The second-order valence-electron chi connectivity index (χ2n) is 9.73. The quantitative estimate of drug-likeness (QED) is 0.490. The number of allylic oxidation sites excluding steroid dienone is 2. The van der Waals surface area contributed by atoms with Crippen LogP contribution in [0, 0.1) is 13.8 Å². The highest BCUT2D eigenvalue weighted by Gasteiger charge is 2.39. The molecule has 2 atom stereocenters. The van der Waals surface area contributed by atoms with Gasteiger partial charge in [0.15, 0.2) is 28.8 Å². The minimum Gasteiger partial charge on any atom is -0.493 e. The van der Waals surface area contributed by atoms with Crippen molar-refractivity contribution >= 4 is 11.5 Å². The van der Waals surface area contributed by atoms with E-state index in [-0.39, 0.29) is 24.4 Å². The van der Waals surface area contributed by atoms with Gasteiger partial charge in [-0.15, -0.1) is 0 Å². The van der Waals surface area contributed by atoms with Crippen LogP contribution in [0.15, 0.2) is 59.8 Å². The molecule has 0 amide bonds. The summed E-state index contributed by atoms with van der Waals surface area (Å²) in [5.41, 5.74) is 8.44. The first-order chi connectivity index (χ1) is 17.5. The van der Waals surface area contributed by atoms with E-state index in [1.807, 2.05) is 30.3 Å². The maximum absolute atomic E-state index is 13.9. The molecule has 3 aromatic carbocycles. The number of carbonyl (C=O) groups is 1. The molecule has 3 aliphatic rings. The van der Waals surface area contributed by atoms with Crippen LogP contribution < -0.4 is 24.3 Å². The molecule has 6 rings (SSSR count). The summed E-state index contributed by atoms with van der Waals surface area (Å²) in [5.74, 6) is 2.84. The molecule has 36 heavy (non-hydrogen) atoms. The van der Waals surface area contributed by atoms with Gasteiger partial charge in [0, 0.05) is 35.4 Å². The van der Waals surface area contributed by atoms with Crippen LogP contribution in [0.5, 0.6) is 23.0 Å². The number of ketones is 1. The van der Waals surface area contributed by atoms with E-state index in [0.29, 0.717) is 17.9 Å². The van der Waals surface area contributed by atoms with Gasteiger partial charge in [0.05, 0.1) is 14.2 Å². The Morgan fingerprint density at radius 1 is 0.833 bits per heavy atom. The van der Waals surface area contributed by atoms with Crippen molar-refractivity contribution in [3.63, 3.8) is 0 Å². The molecule has 0 saturated heterocycles. The Balaban J connectivity index is 1.46. The van der Waals surface area contributed by atoms with Crippen LogP contribution >= 0.6 is 0 Å². The number of benzene rings is 3. The highest BCUT2D eigenvalue weighted by Crippen LogP contribution is 2.51. The zero-order valence-electron chi connectivity index (χ0n) is 20.9. The summed E-state index contributed by atoms with van der Waals surface area (Å²) in [5, 5.41) is 3.60. The van der Waals surface area contributed by atoms with E-state index < -0.39 is 0 Å². The SMILES string of the molecule is COc1ccc([C@@H]2CC(=O)C3=C(C2)Nc2cc4c(cc2[C@@H]3c2ccc(C)c(C)c2)OCO4)cc1OC. The number of aryl methyl sites for hydroxylation is 2. The maximum atomic E-state index is 13.9. The Bertz CT molecular complexity index is 1420. The minimum atomic E-state index is -0.163. The lowest BCUT2D eigenvalue weighted by molar-refractivity contribution is -0.116. The first-order valence-corrected chi connectivity index (χ1v) is 12.2. The van der Waals surface area contributed by atoms with Crippen LogP contribution in [0.25, 0.3) is 0 Å². The zero-order valence-corrected chi connectivity index (χ0v) is 20.9. The predicted octanol–water partition coefficient (Wildman–Crippen LogP) is 6.01. The molecular formula is C30H29NO5. The standard InChI is InChI=1S/C30H29NO5/c1-16-5-6-19(9-17(16)2)29-21-13-27-28(36-15-35-27)14-22(21)31-23-10-20(11-24(32)30(23)29)18-7-8-25(33-3)26(12-18)34-4/h5-9,12-14,20,29,31H,10-11,15H2,1-4H3/t20-,29-/m0/s1. The molecule has 0 fully saturated rings. The normalized spacial score (nSPS) is 19.9. The fraction of sp³-hybridized carbons (Fsp3) is 0.300. The van der Waals surface area contributed by atoms with Crippen LogP contribution in [-0.4, -0.2) is 26.8 Å². The van der Waals surface area contributed by atoms with E-state index in [0.717, 1.165) is 51.6 Å². The molecule has 0 radical (unpaired) electrons. The summed E-state index contributed by atoms with van der Waals surface area (Å²) in [7, 11) is 3.26. The number of hydrogen-bond donors (Lipinski definition) is 1. The molecule has 1 N–H and O–H groups in total. The van der Waals surface area contributed by atoms with Crippen molar-refractivity contribution in [1.29, 1.82) is 0 Å². The van der Waals surface area contributed by atoms with Gasteiger partial charge in [0.1, 0.15) is 0 Å². The number of fused-ring (bicyclic) bond motifs is 2. The van der Waals surface area contributed by atoms with Gasteiger partial charge < -0.3 is 24.3 Å². The molecule has 0 spiro atoms. The lowest BCUT2D eigenvalue weighted by Gasteiger charge is -2.37. The molecule has 184 valence electrons. The van der Waals surface area contributed by atoms with Crippen LogP contribution in [0.1, 0.15) is 52.5 Å². The Kier molecular flexibility index (Phi) is 5.40. The molecule has 3 aromatic rings. The fourth-order valence-corrected chi connectivity index (χ4v) is 5.64. The predicted molar refractivity (Wildman–Crippen MR) is 138 cm³/mol. The van der Waals surface area contributed by atoms with Gasteiger partial charge in [0.2, 0.25) is 6.79 Å². The lowest BCUT2D eigenvalue weighted by atomic mass is 9.71. The van der Waals surface area contributed by atoms with Crippen molar-refractivity contribution in [1.82, 2.24) is 0 Å². The smallest absolute Gasteiger partial charge is 0.231 e. The van der Waals surface area contributed by atoms with Gasteiger partial charge in [-0.25, -0.2) is 0 Å². The third-order valence-electron chi connectivity index (χ3n) is 7.68. The van der Waals surface area contributed by atoms with Crippen LogP contribution in [0.3, 0.4) is 0 Å². The van der Waals surface area contributed by atoms with Crippen molar-refractivity contribution in [3.05, 3.63) is 87.6 Å². The van der Waals surface area contributed by atoms with Gasteiger partial charge in [-0.1, -0.05) is 24.3 Å². The molecule has 0 unspecified atom stereocenters. The number of methoxy groups -OCH3 is 2. The highest BCUT2D eigenvalue weighted by molar-refractivity contribution is 6.02. The fourth-order valence-electron chi connectivity index (χ4n) is 5.64. The van der Waals surface area contributed by atoms with E-state index in [4.69, 9.17) is 18.9 Å². The number of anilines is 1. The summed E-state index contributed by atoms with van der Waals surface area (Å²) >= 11 is 0. The molecule has 0 aromatic heterocycles. The highest BCUT2D eigenvalue weighted by atomic mass is 16.7. The summed E-state index contributed by atoms with van der Waals surface area (Å²) in [4.78, 5) is 13.9. The van der Waals surface area contributed by atoms with Crippen molar-refractivity contribution in [2.45, 2.75) is 38.5 Å². The first-order valence-electron chi connectivity index (χ1n) is 12.2. The second-order valence-corrected chi connectivity index (χ2v) is 9.73. The largest absolute Gasteiger partial charge is 0.493 e. The minimum absolute atomic E-state index is 0.0412. The Hall–Kier alpha value is -3.93. The topological polar surface area (TPSA) is 66.0 Å². The van der Waals surface area contributed by atoms with E-state index in [2.05, 4.69) is 37.4 Å². The molecular weight excluding hydrogens is 454 g/mol. The molecule has 2 aliphatic heterocycles. The number of carbonyl (C=O) groups excluding carboxylic acids is 1. The summed E-state index contributed by atoms with van der Waals surface area (Å²) in [6.07, 6.45) is 1.17. The third kappa shape index (κ3) is 3.60. The summed E-state index contributed by atoms with van der Waals surface area (Å²) in [6, 6.07) is 16.4. The van der Waals surface area contributed by atoms with E-state index >= 15 is 0 Å². The third-order valence-corrected chi connectivity index (χ3v) is 7.68. The number of hydrogen-bond acceptors (Lipinski definition) is 6. The van der Waals surface area contributed by atoms with E-state index in [1.54, 1.807) is 14.2 Å². The molecule has 6 heteroatoms. The first kappa shape index (κ1) is 22.5. The molecule has 1 aliphatic carbocycles. The average Bonchev–Trinajstić information content (AvgIpc) is 3.34. The van der Waals surface area contributed by atoms with Crippen molar-refractivity contribution in [2.24, 2.45) is 0 Å². The van der Waals surface area contributed by atoms with E-state index in [9.17, 15) is 4.79 Å². The van der Waals surface area contributed by atoms with Crippen LogP contribution in [0.2, 0.25) is 0 Å². The second kappa shape index (κ2) is 8.63. The van der Waals surface area contributed by atoms with Crippen molar-refractivity contribution in [2.75, 3.05) is 26.3 Å². The Morgan fingerprint density at radius 3 is 2.33 bits per heavy atom. The van der Waals surface area contributed by atoms with Crippen molar-refractivity contribution < 1.29 is 23.7 Å². The zero-order chi connectivity index (χ0) is 25.0. The Morgan fingerprint density at radius 2 is 1.58 bits per heavy atom. The molecule has 2 heterocycles. The molecule has 0 bridgehead atoms. The molecule has 6 nitrogen and oxygen atoms in total. The van der Waals surface area contributed by atoms with Gasteiger partial charge in [-0.3, -0.25) is 4.79 Å². The van der Waals surface area contributed by atoms with Crippen molar-refractivity contribution in [3.8, 4) is 23.0 Å². The van der Waals surface area contributed by atoms with E-state index in [1.165, 1.54) is 11.1 Å².